The first-order valence-electron chi connectivity index (χ1n) is 9.42. The molecule has 2 unspecified atom stereocenters. The fourth-order valence-corrected chi connectivity index (χ4v) is 3.73. The number of amides is 4. The summed E-state index contributed by atoms with van der Waals surface area (Å²) in [6.07, 6.45) is 0.254. The number of benzene rings is 1. The third-order valence-corrected chi connectivity index (χ3v) is 5.24. The molecular formula is C19H22N4O5. The van der Waals surface area contributed by atoms with Gasteiger partial charge in [0.1, 0.15) is 6.04 Å². The molecule has 0 saturated carbocycles. The van der Waals surface area contributed by atoms with Crippen molar-refractivity contribution in [2.24, 2.45) is 5.92 Å². The van der Waals surface area contributed by atoms with Gasteiger partial charge in [-0.15, -0.1) is 0 Å². The molecule has 9 nitrogen and oxygen atoms in total. The zero-order valence-corrected chi connectivity index (χ0v) is 15.3. The first-order valence-corrected chi connectivity index (χ1v) is 9.42. The Morgan fingerprint density at radius 3 is 2.79 bits per heavy atom. The van der Waals surface area contributed by atoms with Gasteiger partial charge in [-0.1, -0.05) is 0 Å². The van der Waals surface area contributed by atoms with Crippen molar-refractivity contribution in [1.29, 1.82) is 0 Å². The van der Waals surface area contributed by atoms with Crippen molar-refractivity contribution >= 4 is 29.3 Å². The van der Waals surface area contributed by atoms with E-state index < -0.39 is 23.8 Å². The van der Waals surface area contributed by atoms with Gasteiger partial charge in [0.25, 0.3) is 11.8 Å². The van der Waals surface area contributed by atoms with E-state index in [1.165, 1.54) is 0 Å². The average molecular weight is 386 g/mol. The van der Waals surface area contributed by atoms with E-state index in [0.717, 1.165) is 23.7 Å². The van der Waals surface area contributed by atoms with Gasteiger partial charge in [0, 0.05) is 37.7 Å². The number of nitrogens with one attached hydrogen (secondary N) is 3. The van der Waals surface area contributed by atoms with Crippen molar-refractivity contribution < 1.29 is 23.9 Å². The molecule has 28 heavy (non-hydrogen) atoms. The highest BCUT2D eigenvalue weighted by Gasteiger charge is 2.44. The van der Waals surface area contributed by atoms with Crippen LogP contribution in [0, 0.1) is 5.92 Å². The second kappa shape index (κ2) is 7.69. The lowest BCUT2D eigenvalue weighted by Gasteiger charge is -2.27. The van der Waals surface area contributed by atoms with Gasteiger partial charge in [-0.25, -0.2) is 0 Å². The van der Waals surface area contributed by atoms with E-state index in [4.69, 9.17) is 4.74 Å². The molecule has 3 heterocycles. The summed E-state index contributed by atoms with van der Waals surface area (Å²) < 4.78 is 5.53. The van der Waals surface area contributed by atoms with Gasteiger partial charge in [0.2, 0.25) is 11.8 Å². The summed E-state index contributed by atoms with van der Waals surface area (Å²) in [7, 11) is 0. The highest BCUT2D eigenvalue weighted by Crippen LogP contribution is 2.29. The molecule has 0 spiro atoms. The van der Waals surface area contributed by atoms with Gasteiger partial charge in [0.05, 0.1) is 24.3 Å². The van der Waals surface area contributed by atoms with Crippen LogP contribution in [0.15, 0.2) is 18.2 Å². The van der Waals surface area contributed by atoms with Gasteiger partial charge in [-0.2, -0.15) is 0 Å². The minimum absolute atomic E-state index is 0.105. The monoisotopic (exact) mass is 386 g/mol. The zero-order chi connectivity index (χ0) is 19.7. The number of ether oxygens (including phenoxy) is 1. The lowest BCUT2D eigenvalue weighted by molar-refractivity contribution is -0.136. The van der Waals surface area contributed by atoms with Crippen LogP contribution in [0.3, 0.4) is 0 Å². The van der Waals surface area contributed by atoms with E-state index in [1.807, 2.05) is 0 Å². The maximum Gasteiger partial charge on any atom is 0.262 e. The number of imide groups is 2. The third kappa shape index (κ3) is 3.50. The first-order chi connectivity index (χ1) is 13.5. The Balaban J connectivity index is 1.47. The van der Waals surface area contributed by atoms with Gasteiger partial charge >= 0.3 is 0 Å². The van der Waals surface area contributed by atoms with Crippen molar-refractivity contribution in [3.05, 3.63) is 29.3 Å². The average Bonchev–Trinajstić information content (AvgIpc) is 2.86. The van der Waals surface area contributed by atoms with Crippen LogP contribution in [-0.2, 0) is 14.3 Å². The topological polar surface area (TPSA) is 117 Å². The molecule has 3 aliphatic rings. The second-order valence-electron chi connectivity index (χ2n) is 7.23. The van der Waals surface area contributed by atoms with Gasteiger partial charge in [-0.05, 0) is 24.6 Å². The van der Waals surface area contributed by atoms with E-state index in [2.05, 4.69) is 16.0 Å². The molecule has 3 aliphatic heterocycles. The predicted octanol–water partition coefficient (Wildman–Crippen LogP) is -0.264. The first kappa shape index (κ1) is 18.6. The highest BCUT2D eigenvalue weighted by molar-refractivity contribution is 6.23. The van der Waals surface area contributed by atoms with Crippen LogP contribution in [0.4, 0.5) is 5.69 Å². The summed E-state index contributed by atoms with van der Waals surface area (Å²) in [4.78, 5) is 49.9. The van der Waals surface area contributed by atoms with Crippen LogP contribution in [0.2, 0.25) is 0 Å². The third-order valence-electron chi connectivity index (χ3n) is 5.24. The maximum atomic E-state index is 12.8. The number of carbonyl (C=O) groups is 4. The van der Waals surface area contributed by atoms with E-state index >= 15 is 0 Å². The Bertz CT molecular complexity index is 832. The molecule has 0 aromatic heterocycles. The quantitative estimate of drug-likeness (QED) is 0.610. The molecule has 1 aromatic rings. The molecule has 2 fully saturated rings. The van der Waals surface area contributed by atoms with Crippen LogP contribution in [0.1, 0.15) is 33.6 Å². The number of piperidine rings is 1. The summed E-state index contributed by atoms with van der Waals surface area (Å²) in [6.45, 7) is 3.71. The number of carbonyl (C=O) groups excluding carboxylic acids is 4. The number of rotatable bonds is 4. The smallest absolute Gasteiger partial charge is 0.262 e. The molecule has 0 aliphatic carbocycles. The Morgan fingerprint density at radius 1 is 1.14 bits per heavy atom. The fraction of sp³-hybridized carbons (Fsp3) is 0.474. The SMILES string of the molecule is O=C1CCC(N2C(=O)c3ccc(NCC4CNCCOC4)cc3C2=O)C(=O)N1. The van der Waals surface area contributed by atoms with Crippen LogP contribution in [0.25, 0.3) is 0 Å². The molecule has 4 rings (SSSR count). The normalized spacial score (nSPS) is 25.4. The number of anilines is 1. The molecule has 1 aromatic carbocycles. The van der Waals surface area contributed by atoms with E-state index in [9.17, 15) is 19.2 Å². The fourth-order valence-electron chi connectivity index (χ4n) is 3.73. The van der Waals surface area contributed by atoms with Gasteiger partial charge in [0.15, 0.2) is 0 Å². The van der Waals surface area contributed by atoms with Crippen molar-refractivity contribution in [2.75, 3.05) is 38.2 Å². The summed E-state index contributed by atoms with van der Waals surface area (Å²) in [5, 5.41) is 8.79. The molecule has 0 radical (unpaired) electrons. The predicted molar refractivity (Wildman–Crippen MR) is 98.8 cm³/mol. The summed E-state index contributed by atoms with van der Waals surface area (Å²) in [5.41, 5.74) is 1.28. The Hall–Kier alpha value is -2.78. The zero-order valence-electron chi connectivity index (χ0n) is 15.3. The number of hydrogen-bond donors (Lipinski definition) is 3. The molecule has 148 valence electrons. The molecule has 2 atom stereocenters. The molecule has 4 amide bonds. The van der Waals surface area contributed by atoms with Crippen molar-refractivity contribution in [1.82, 2.24) is 15.5 Å². The van der Waals surface area contributed by atoms with Gasteiger partial charge in [-0.3, -0.25) is 29.4 Å². The molecule has 3 N–H and O–H groups in total. The summed E-state index contributed by atoms with van der Waals surface area (Å²) in [5.74, 6) is -1.70. The van der Waals surface area contributed by atoms with E-state index in [-0.39, 0.29) is 29.9 Å². The molecule has 0 bridgehead atoms. The molecule has 9 heteroatoms. The van der Waals surface area contributed by atoms with Crippen molar-refractivity contribution in [3.8, 4) is 0 Å². The minimum Gasteiger partial charge on any atom is -0.385 e. The molecular weight excluding hydrogens is 364 g/mol. The lowest BCUT2D eigenvalue weighted by Crippen LogP contribution is -2.54. The number of hydrogen-bond acceptors (Lipinski definition) is 7. The van der Waals surface area contributed by atoms with Gasteiger partial charge < -0.3 is 15.4 Å². The Kier molecular flexibility index (Phi) is 5.10. The van der Waals surface area contributed by atoms with Crippen LogP contribution < -0.4 is 16.0 Å². The Morgan fingerprint density at radius 2 is 1.96 bits per heavy atom. The van der Waals surface area contributed by atoms with Crippen molar-refractivity contribution in [3.63, 3.8) is 0 Å². The largest absolute Gasteiger partial charge is 0.385 e. The van der Waals surface area contributed by atoms with E-state index in [1.54, 1.807) is 18.2 Å². The van der Waals surface area contributed by atoms with Crippen LogP contribution in [0.5, 0.6) is 0 Å². The number of nitrogens with zero attached hydrogens (tertiary/aromatic N) is 1. The highest BCUT2D eigenvalue weighted by atomic mass is 16.5. The van der Waals surface area contributed by atoms with E-state index in [0.29, 0.717) is 25.7 Å². The van der Waals surface area contributed by atoms with Crippen LogP contribution in [-0.4, -0.2) is 67.4 Å². The summed E-state index contributed by atoms with van der Waals surface area (Å²) in [6, 6.07) is 4.05. The number of fused-ring (bicyclic) bond motifs is 1. The standard InChI is InChI=1S/C19H22N4O5/c24-16-4-3-15(17(25)22-16)23-18(26)13-2-1-12(7-14(13)19(23)27)21-9-11-8-20-5-6-28-10-11/h1-2,7,11,15,20-21H,3-6,8-10H2,(H,22,24,25). The minimum atomic E-state index is -0.948. The summed E-state index contributed by atoms with van der Waals surface area (Å²) >= 11 is 0. The lowest BCUT2D eigenvalue weighted by atomic mass is 10.0. The molecule has 2 saturated heterocycles. The maximum absolute atomic E-state index is 12.8. The van der Waals surface area contributed by atoms with Crippen molar-refractivity contribution in [2.45, 2.75) is 18.9 Å². The Labute approximate surface area is 161 Å². The van der Waals surface area contributed by atoms with Crippen LogP contribution >= 0.6 is 0 Å². The second-order valence-corrected chi connectivity index (χ2v) is 7.23.